The molecule has 32 heavy (non-hydrogen) atoms. The summed E-state index contributed by atoms with van der Waals surface area (Å²) in [7, 11) is 0. The first-order chi connectivity index (χ1) is 15.4. The molecule has 0 bridgehead atoms. The number of pyridine rings is 1. The number of nitrogens with zero attached hydrogens (tertiary/aromatic N) is 5. The zero-order valence-corrected chi connectivity index (χ0v) is 17.1. The third-order valence-corrected chi connectivity index (χ3v) is 5.51. The zero-order valence-electron chi connectivity index (χ0n) is 17.1. The van der Waals surface area contributed by atoms with E-state index < -0.39 is 11.9 Å². The van der Waals surface area contributed by atoms with Crippen LogP contribution in [-0.2, 0) is 6.54 Å². The van der Waals surface area contributed by atoms with Gasteiger partial charge in [-0.1, -0.05) is 6.07 Å². The van der Waals surface area contributed by atoms with Gasteiger partial charge in [0.15, 0.2) is 5.82 Å². The van der Waals surface area contributed by atoms with Crippen LogP contribution in [0.3, 0.4) is 0 Å². The van der Waals surface area contributed by atoms with Gasteiger partial charge in [0.2, 0.25) is 5.95 Å². The number of amides is 1. The zero-order chi connectivity index (χ0) is 22.7. The van der Waals surface area contributed by atoms with Crippen molar-refractivity contribution in [2.45, 2.75) is 19.0 Å². The SMILES string of the molecule is N#CC1CCN(Cc2cccnc2F)CC1n1cc(C(N)=O)c(Nc2ccc(F)cc2)n1. The average Bonchev–Trinajstić information content (AvgIpc) is 3.21. The number of hydrogen-bond acceptors (Lipinski definition) is 6. The highest BCUT2D eigenvalue weighted by Gasteiger charge is 2.32. The summed E-state index contributed by atoms with van der Waals surface area (Å²) in [6.45, 7) is 1.40. The third kappa shape index (κ3) is 4.58. The van der Waals surface area contributed by atoms with Crippen LogP contribution in [-0.4, -0.2) is 38.7 Å². The molecule has 3 N–H and O–H groups in total. The van der Waals surface area contributed by atoms with Crippen molar-refractivity contribution in [2.75, 3.05) is 18.4 Å². The maximum Gasteiger partial charge on any atom is 0.254 e. The number of rotatable bonds is 6. The molecular formula is C22H21F2N7O. The van der Waals surface area contributed by atoms with Crippen LogP contribution >= 0.6 is 0 Å². The molecule has 1 saturated heterocycles. The minimum Gasteiger partial charge on any atom is -0.365 e. The number of piperidine rings is 1. The van der Waals surface area contributed by atoms with Crippen molar-refractivity contribution in [1.82, 2.24) is 19.7 Å². The van der Waals surface area contributed by atoms with Crippen molar-refractivity contribution >= 4 is 17.4 Å². The number of nitrogens with two attached hydrogens (primary N) is 1. The van der Waals surface area contributed by atoms with Crippen LogP contribution in [0.25, 0.3) is 0 Å². The van der Waals surface area contributed by atoms with Crippen LogP contribution in [0.2, 0.25) is 0 Å². The fraction of sp³-hybridized carbons (Fsp3) is 0.273. The highest BCUT2D eigenvalue weighted by molar-refractivity contribution is 5.98. The van der Waals surface area contributed by atoms with Crippen LogP contribution in [0.1, 0.15) is 28.4 Å². The Kier molecular flexibility index (Phi) is 6.09. The van der Waals surface area contributed by atoms with Crippen LogP contribution in [0.5, 0.6) is 0 Å². The molecule has 2 aromatic heterocycles. The predicted molar refractivity (Wildman–Crippen MR) is 113 cm³/mol. The Bertz CT molecular complexity index is 1160. The van der Waals surface area contributed by atoms with E-state index in [1.807, 2.05) is 4.90 Å². The summed E-state index contributed by atoms with van der Waals surface area (Å²) in [6.07, 6.45) is 3.47. The Hall–Kier alpha value is -3.84. The number of likely N-dealkylation sites (tertiary alicyclic amines) is 1. The van der Waals surface area contributed by atoms with Gasteiger partial charge in [-0.3, -0.25) is 14.4 Å². The number of nitriles is 1. The van der Waals surface area contributed by atoms with Gasteiger partial charge in [0.1, 0.15) is 11.4 Å². The number of nitrogens with one attached hydrogen (secondary N) is 1. The molecule has 10 heteroatoms. The quantitative estimate of drug-likeness (QED) is 0.574. The molecule has 3 heterocycles. The smallest absolute Gasteiger partial charge is 0.254 e. The standard InChI is InChI=1S/C22H21F2N7O/c23-16-3-5-17(6-4-16)28-22-18(21(26)32)12-31(29-22)19-13-30(9-7-14(19)10-25)11-15-2-1-8-27-20(15)24/h1-6,8,12,14,19H,7,9,11,13H2,(H2,26,32)(H,28,29). The second-order valence-electron chi connectivity index (χ2n) is 7.65. The van der Waals surface area contributed by atoms with E-state index in [1.54, 1.807) is 16.8 Å². The second-order valence-corrected chi connectivity index (χ2v) is 7.65. The van der Waals surface area contributed by atoms with Crippen LogP contribution in [0.15, 0.2) is 48.8 Å². The molecule has 1 aliphatic rings. The monoisotopic (exact) mass is 437 g/mol. The van der Waals surface area contributed by atoms with E-state index in [0.29, 0.717) is 37.3 Å². The number of carbonyl (C=O) groups is 1. The Labute approximate surface area is 183 Å². The summed E-state index contributed by atoms with van der Waals surface area (Å²) in [5, 5.41) is 17.1. The lowest BCUT2D eigenvalue weighted by molar-refractivity contribution is 0.1000. The molecule has 1 aliphatic heterocycles. The summed E-state index contributed by atoms with van der Waals surface area (Å²) < 4.78 is 28.8. The van der Waals surface area contributed by atoms with E-state index in [0.717, 1.165) is 0 Å². The van der Waals surface area contributed by atoms with E-state index in [9.17, 15) is 18.8 Å². The Morgan fingerprint density at radius 3 is 2.75 bits per heavy atom. The summed E-state index contributed by atoms with van der Waals surface area (Å²) in [6, 6.07) is 10.9. The molecule has 0 aliphatic carbocycles. The molecule has 1 aromatic carbocycles. The van der Waals surface area contributed by atoms with E-state index in [1.165, 1.54) is 36.7 Å². The van der Waals surface area contributed by atoms with Crippen LogP contribution in [0, 0.1) is 29.0 Å². The number of primary amides is 1. The highest BCUT2D eigenvalue weighted by atomic mass is 19.1. The van der Waals surface area contributed by atoms with Crippen LogP contribution < -0.4 is 11.1 Å². The van der Waals surface area contributed by atoms with Crippen molar-refractivity contribution < 1.29 is 13.6 Å². The number of anilines is 2. The molecule has 0 saturated carbocycles. The van der Waals surface area contributed by atoms with Gasteiger partial charge < -0.3 is 11.1 Å². The molecule has 1 amide bonds. The minimum atomic E-state index is -0.681. The van der Waals surface area contributed by atoms with E-state index in [4.69, 9.17) is 5.73 Å². The summed E-state index contributed by atoms with van der Waals surface area (Å²) in [5.74, 6) is -1.72. The lowest BCUT2D eigenvalue weighted by Gasteiger charge is -2.35. The van der Waals surface area contributed by atoms with Crippen molar-refractivity contribution in [1.29, 1.82) is 5.26 Å². The maximum atomic E-state index is 14.0. The number of halogens is 2. The molecule has 2 atom stereocenters. The fourth-order valence-electron chi connectivity index (χ4n) is 3.84. The van der Waals surface area contributed by atoms with E-state index >= 15 is 0 Å². The largest absolute Gasteiger partial charge is 0.365 e. The normalized spacial score (nSPS) is 18.8. The first kappa shape index (κ1) is 21.4. The maximum absolute atomic E-state index is 14.0. The van der Waals surface area contributed by atoms with Gasteiger partial charge in [0.05, 0.1) is 18.0 Å². The minimum absolute atomic E-state index is 0.154. The Morgan fingerprint density at radius 1 is 1.28 bits per heavy atom. The van der Waals surface area contributed by atoms with Crippen molar-refractivity contribution in [3.05, 3.63) is 71.7 Å². The fourth-order valence-corrected chi connectivity index (χ4v) is 3.84. The van der Waals surface area contributed by atoms with Crippen LogP contribution in [0.4, 0.5) is 20.3 Å². The van der Waals surface area contributed by atoms with Gasteiger partial charge in [-0.2, -0.15) is 14.8 Å². The van der Waals surface area contributed by atoms with Crippen molar-refractivity contribution in [3.63, 3.8) is 0 Å². The molecule has 1 fully saturated rings. The summed E-state index contributed by atoms with van der Waals surface area (Å²) in [5.41, 5.74) is 6.69. The van der Waals surface area contributed by atoms with Gasteiger partial charge in [-0.15, -0.1) is 0 Å². The number of aromatic nitrogens is 3. The predicted octanol–water partition coefficient (Wildman–Crippen LogP) is 2.99. The van der Waals surface area contributed by atoms with Crippen molar-refractivity contribution in [3.8, 4) is 6.07 Å². The van der Waals surface area contributed by atoms with Gasteiger partial charge in [-0.25, -0.2) is 9.37 Å². The highest BCUT2D eigenvalue weighted by Crippen LogP contribution is 2.30. The van der Waals surface area contributed by atoms with Gasteiger partial charge in [0.25, 0.3) is 5.91 Å². The lowest BCUT2D eigenvalue weighted by atomic mass is 9.92. The third-order valence-electron chi connectivity index (χ3n) is 5.51. The molecule has 0 spiro atoms. The topological polar surface area (TPSA) is 113 Å². The van der Waals surface area contributed by atoms with Gasteiger partial charge in [-0.05, 0) is 43.3 Å². The first-order valence-electron chi connectivity index (χ1n) is 10.1. The molecular weight excluding hydrogens is 416 g/mol. The average molecular weight is 437 g/mol. The van der Waals surface area contributed by atoms with Gasteiger partial charge >= 0.3 is 0 Å². The molecule has 8 nitrogen and oxygen atoms in total. The first-order valence-corrected chi connectivity index (χ1v) is 10.1. The molecule has 3 aromatic rings. The molecule has 2 unspecified atom stereocenters. The number of carbonyl (C=O) groups excluding carboxylic acids is 1. The van der Waals surface area contributed by atoms with Gasteiger partial charge in [0, 0.05) is 36.7 Å². The molecule has 4 rings (SSSR count). The van der Waals surface area contributed by atoms with E-state index in [2.05, 4.69) is 21.5 Å². The second kappa shape index (κ2) is 9.11. The molecule has 164 valence electrons. The lowest BCUT2D eigenvalue weighted by Crippen LogP contribution is -2.41. The summed E-state index contributed by atoms with van der Waals surface area (Å²) in [4.78, 5) is 17.7. The van der Waals surface area contributed by atoms with E-state index in [-0.39, 0.29) is 29.2 Å². The number of benzene rings is 1. The molecule has 0 radical (unpaired) electrons. The summed E-state index contributed by atoms with van der Waals surface area (Å²) >= 11 is 0. The van der Waals surface area contributed by atoms with Crippen molar-refractivity contribution in [2.24, 2.45) is 11.7 Å². The number of hydrogen-bond donors (Lipinski definition) is 2. The Balaban J connectivity index is 1.59. The Morgan fingerprint density at radius 2 is 2.06 bits per heavy atom.